The fraction of sp³-hybridized carbons (Fsp3) is 0.733. The number of carbonyl (C=O) groups excluding carboxylic acids is 3. The first-order valence-corrected chi connectivity index (χ1v) is 9.38. The second-order valence-corrected chi connectivity index (χ2v) is 6.89. The van der Waals surface area contributed by atoms with Crippen LogP contribution in [-0.4, -0.2) is 66.0 Å². The fourth-order valence-corrected chi connectivity index (χ4v) is 2.49. The maximum atomic E-state index is 12.5. The van der Waals surface area contributed by atoms with Gasteiger partial charge >= 0.3 is 5.97 Å². The maximum absolute atomic E-state index is 12.5. The lowest BCUT2D eigenvalue weighted by Gasteiger charge is -2.23. The molecule has 0 aliphatic heterocycles. The molecule has 0 aromatic carbocycles. The van der Waals surface area contributed by atoms with Crippen LogP contribution in [0.15, 0.2) is 0 Å². The largest absolute Gasteiger partial charge is 0.480 e. The van der Waals surface area contributed by atoms with Crippen molar-refractivity contribution in [2.45, 2.75) is 38.8 Å². The minimum atomic E-state index is -1.17. The monoisotopic (exact) mass is 376 g/mol. The summed E-state index contributed by atoms with van der Waals surface area (Å²) in [4.78, 5) is 46.7. The lowest BCUT2D eigenvalue weighted by molar-refractivity contribution is -0.138. The predicted octanol–water partition coefficient (Wildman–Crippen LogP) is -1.09. The third kappa shape index (κ3) is 10.6. The van der Waals surface area contributed by atoms with Crippen LogP contribution in [0.3, 0.4) is 0 Å². The van der Waals surface area contributed by atoms with E-state index in [0.29, 0.717) is 18.6 Å². The van der Waals surface area contributed by atoms with Crippen molar-refractivity contribution in [2.75, 3.05) is 25.1 Å². The number of rotatable bonds is 12. The summed E-state index contributed by atoms with van der Waals surface area (Å²) in [6.45, 7) is 3.04. The van der Waals surface area contributed by atoms with Crippen LogP contribution < -0.4 is 21.7 Å². The summed E-state index contributed by atoms with van der Waals surface area (Å²) in [6.07, 6.45) is 2.60. The zero-order valence-electron chi connectivity index (χ0n) is 14.8. The first kappa shape index (κ1) is 23.2. The van der Waals surface area contributed by atoms with Gasteiger partial charge in [-0.1, -0.05) is 13.8 Å². The van der Waals surface area contributed by atoms with Crippen LogP contribution in [0.5, 0.6) is 0 Å². The van der Waals surface area contributed by atoms with Crippen molar-refractivity contribution in [3.63, 3.8) is 0 Å². The van der Waals surface area contributed by atoms with Gasteiger partial charge in [-0.05, 0) is 30.8 Å². The molecular formula is C15H28N4O5S. The highest BCUT2D eigenvalue weighted by Gasteiger charge is 2.27. The number of amides is 3. The standard InChI is InChI=1S/C15H28N4O5S/c1-9(2)6-11(18-12(20)7-16)15(24)19-10(4-5-25-3)14(23)17-8-13(21)22/h9-11H,4-8,16H2,1-3H3,(H,17,23)(H,18,20)(H,19,24)(H,21,22). The Morgan fingerprint density at radius 3 is 2.20 bits per heavy atom. The van der Waals surface area contributed by atoms with Crippen molar-refractivity contribution in [3.8, 4) is 0 Å². The summed E-state index contributed by atoms with van der Waals surface area (Å²) in [5, 5.41) is 16.0. The Morgan fingerprint density at radius 2 is 1.72 bits per heavy atom. The molecule has 0 aliphatic rings. The number of aliphatic carboxylic acids is 1. The van der Waals surface area contributed by atoms with E-state index in [1.165, 1.54) is 11.8 Å². The molecule has 0 rings (SSSR count). The predicted molar refractivity (Wildman–Crippen MR) is 96.0 cm³/mol. The van der Waals surface area contributed by atoms with Gasteiger partial charge in [0.1, 0.15) is 18.6 Å². The summed E-state index contributed by atoms with van der Waals surface area (Å²) < 4.78 is 0. The van der Waals surface area contributed by atoms with Crippen LogP contribution in [0.1, 0.15) is 26.7 Å². The molecule has 0 radical (unpaired) electrons. The number of hydrogen-bond acceptors (Lipinski definition) is 6. The molecule has 0 bridgehead atoms. The van der Waals surface area contributed by atoms with E-state index in [1.54, 1.807) is 0 Å². The second kappa shape index (κ2) is 12.5. The molecule has 0 heterocycles. The van der Waals surface area contributed by atoms with Crippen LogP contribution in [0.4, 0.5) is 0 Å². The number of thioether (sulfide) groups is 1. The number of carbonyl (C=O) groups is 4. The van der Waals surface area contributed by atoms with Gasteiger partial charge < -0.3 is 26.8 Å². The van der Waals surface area contributed by atoms with Crippen molar-refractivity contribution in [2.24, 2.45) is 11.7 Å². The Labute approximate surface area is 151 Å². The molecule has 9 nitrogen and oxygen atoms in total. The van der Waals surface area contributed by atoms with Crippen LogP contribution in [0.25, 0.3) is 0 Å². The second-order valence-electron chi connectivity index (χ2n) is 5.91. The van der Waals surface area contributed by atoms with Crippen LogP contribution in [0, 0.1) is 5.92 Å². The van der Waals surface area contributed by atoms with E-state index in [9.17, 15) is 19.2 Å². The molecule has 0 aromatic heterocycles. The molecule has 144 valence electrons. The van der Waals surface area contributed by atoms with Gasteiger partial charge in [-0.3, -0.25) is 19.2 Å². The van der Waals surface area contributed by atoms with Crippen LogP contribution in [0.2, 0.25) is 0 Å². The van der Waals surface area contributed by atoms with Crippen molar-refractivity contribution in [3.05, 3.63) is 0 Å². The highest BCUT2D eigenvalue weighted by Crippen LogP contribution is 2.07. The number of carboxylic acids is 1. The first-order chi connectivity index (χ1) is 11.7. The quantitative estimate of drug-likeness (QED) is 0.290. The SMILES string of the molecule is CSCCC(NC(=O)C(CC(C)C)NC(=O)CN)C(=O)NCC(=O)O. The molecule has 0 spiro atoms. The number of carboxylic acid groups (broad SMARTS) is 1. The van der Waals surface area contributed by atoms with Gasteiger partial charge in [0.05, 0.1) is 6.54 Å². The minimum Gasteiger partial charge on any atom is -0.480 e. The number of hydrogen-bond donors (Lipinski definition) is 5. The van der Waals surface area contributed by atoms with E-state index < -0.39 is 42.3 Å². The van der Waals surface area contributed by atoms with Crippen LogP contribution in [-0.2, 0) is 19.2 Å². The zero-order valence-corrected chi connectivity index (χ0v) is 15.6. The van der Waals surface area contributed by atoms with Crippen molar-refractivity contribution in [1.82, 2.24) is 16.0 Å². The third-order valence-corrected chi connectivity index (χ3v) is 3.85. The zero-order chi connectivity index (χ0) is 19.4. The summed E-state index contributed by atoms with van der Waals surface area (Å²) in [6, 6.07) is -1.68. The Balaban J connectivity index is 4.99. The molecule has 0 saturated heterocycles. The Hall–Kier alpha value is -1.81. The smallest absolute Gasteiger partial charge is 0.322 e. The Bertz CT molecular complexity index is 473. The molecule has 0 saturated carbocycles. The van der Waals surface area contributed by atoms with E-state index in [1.807, 2.05) is 20.1 Å². The number of nitrogens with two attached hydrogens (primary N) is 1. The van der Waals surface area contributed by atoms with E-state index in [4.69, 9.17) is 10.8 Å². The first-order valence-electron chi connectivity index (χ1n) is 7.99. The van der Waals surface area contributed by atoms with Gasteiger partial charge in [-0.2, -0.15) is 11.8 Å². The lowest BCUT2D eigenvalue weighted by Crippen LogP contribution is -2.55. The van der Waals surface area contributed by atoms with Crippen molar-refractivity contribution in [1.29, 1.82) is 0 Å². The molecule has 0 aromatic rings. The Morgan fingerprint density at radius 1 is 1.08 bits per heavy atom. The van der Waals surface area contributed by atoms with E-state index in [-0.39, 0.29) is 12.5 Å². The molecule has 0 aliphatic carbocycles. The molecule has 2 unspecified atom stereocenters. The van der Waals surface area contributed by atoms with Gasteiger partial charge in [-0.25, -0.2) is 0 Å². The Kier molecular flexibility index (Phi) is 11.6. The average molecular weight is 376 g/mol. The fourth-order valence-electron chi connectivity index (χ4n) is 2.02. The van der Waals surface area contributed by atoms with Gasteiger partial charge in [0.15, 0.2) is 0 Å². The van der Waals surface area contributed by atoms with Gasteiger partial charge in [0, 0.05) is 0 Å². The number of nitrogens with one attached hydrogen (secondary N) is 3. The minimum absolute atomic E-state index is 0.138. The molecular weight excluding hydrogens is 348 g/mol. The van der Waals surface area contributed by atoms with Gasteiger partial charge in [0.25, 0.3) is 0 Å². The van der Waals surface area contributed by atoms with Crippen molar-refractivity contribution < 1.29 is 24.3 Å². The molecule has 3 amide bonds. The maximum Gasteiger partial charge on any atom is 0.322 e. The van der Waals surface area contributed by atoms with Crippen LogP contribution >= 0.6 is 11.8 Å². The van der Waals surface area contributed by atoms with Gasteiger partial charge in [0.2, 0.25) is 17.7 Å². The topological polar surface area (TPSA) is 151 Å². The molecule has 6 N–H and O–H groups in total. The van der Waals surface area contributed by atoms with E-state index >= 15 is 0 Å². The highest BCUT2D eigenvalue weighted by molar-refractivity contribution is 7.98. The molecule has 0 fully saturated rings. The summed E-state index contributed by atoms with van der Waals surface area (Å²) >= 11 is 1.50. The lowest BCUT2D eigenvalue weighted by atomic mass is 10.0. The van der Waals surface area contributed by atoms with E-state index in [2.05, 4.69) is 16.0 Å². The summed E-state index contributed by atoms with van der Waals surface area (Å²) in [7, 11) is 0. The normalized spacial score (nSPS) is 13.0. The average Bonchev–Trinajstić information content (AvgIpc) is 2.54. The van der Waals surface area contributed by atoms with Gasteiger partial charge in [-0.15, -0.1) is 0 Å². The summed E-state index contributed by atoms with van der Waals surface area (Å²) in [5.74, 6) is -1.95. The third-order valence-electron chi connectivity index (χ3n) is 3.20. The molecule has 10 heteroatoms. The highest BCUT2D eigenvalue weighted by atomic mass is 32.2. The van der Waals surface area contributed by atoms with Crippen molar-refractivity contribution >= 4 is 35.5 Å². The molecule has 2 atom stereocenters. The summed E-state index contributed by atoms with van der Waals surface area (Å²) in [5.41, 5.74) is 5.27. The molecule has 25 heavy (non-hydrogen) atoms. The van der Waals surface area contributed by atoms with E-state index in [0.717, 1.165) is 0 Å².